The lowest BCUT2D eigenvalue weighted by Gasteiger charge is -2.33. The Hall–Kier alpha value is -1.42. The van der Waals surface area contributed by atoms with Gasteiger partial charge in [0, 0.05) is 19.0 Å². The van der Waals surface area contributed by atoms with E-state index in [4.69, 9.17) is 0 Å². The number of piperidine rings is 1. The Kier molecular flexibility index (Phi) is 4.76. The summed E-state index contributed by atoms with van der Waals surface area (Å²) in [5.74, 6) is 0.0384. The minimum absolute atomic E-state index is 0.0340. The van der Waals surface area contributed by atoms with Crippen LogP contribution in [0, 0.1) is 11.7 Å². The van der Waals surface area contributed by atoms with Crippen LogP contribution in [0.25, 0.3) is 0 Å². The first-order valence-corrected chi connectivity index (χ1v) is 7.24. The zero-order chi connectivity index (χ0) is 14.7. The van der Waals surface area contributed by atoms with Crippen LogP contribution in [0.15, 0.2) is 24.3 Å². The van der Waals surface area contributed by atoms with Crippen LogP contribution in [0.3, 0.4) is 0 Å². The molecule has 1 aliphatic rings. The van der Waals surface area contributed by atoms with E-state index in [1.165, 1.54) is 12.1 Å². The molecule has 1 saturated heterocycles. The molecule has 3 unspecified atom stereocenters. The van der Waals surface area contributed by atoms with Gasteiger partial charge in [-0.15, -0.1) is 0 Å². The summed E-state index contributed by atoms with van der Waals surface area (Å²) in [5.41, 5.74) is 0.962. The second-order valence-electron chi connectivity index (χ2n) is 5.75. The van der Waals surface area contributed by atoms with E-state index in [1.54, 1.807) is 17.0 Å². The van der Waals surface area contributed by atoms with E-state index in [0.29, 0.717) is 6.04 Å². The normalized spacial score (nSPS) is 24.2. The van der Waals surface area contributed by atoms with E-state index in [1.807, 2.05) is 14.0 Å². The third-order valence-electron chi connectivity index (χ3n) is 4.25. The standard InChI is InChI=1S/C16H23FN2O/c1-11-10-14(8-9-18-11)16(20)19(3)12(2)13-4-6-15(17)7-5-13/h4-7,11-12,14,18H,8-10H2,1-3H3. The van der Waals surface area contributed by atoms with Crippen LogP contribution >= 0.6 is 0 Å². The monoisotopic (exact) mass is 278 g/mol. The molecule has 3 nitrogen and oxygen atoms in total. The third kappa shape index (κ3) is 3.37. The van der Waals surface area contributed by atoms with Crippen molar-refractivity contribution in [2.45, 2.75) is 38.8 Å². The van der Waals surface area contributed by atoms with Crippen LogP contribution in [-0.2, 0) is 4.79 Å². The van der Waals surface area contributed by atoms with Gasteiger partial charge < -0.3 is 10.2 Å². The minimum atomic E-state index is -0.248. The number of nitrogens with zero attached hydrogens (tertiary/aromatic N) is 1. The number of rotatable bonds is 3. The molecule has 4 heteroatoms. The summed E-state index contributed by atoms with van der Waals surface area (Å²) in [6.45, 7) is 4.99. The number of carbonyl (C=O) groups excluding carboxylic acids is 1. The van der Waals surface area contributed by atoms with Gasteiger partial charge in [0.05, 0.1) is 6.04 Å². The van der Waals surface area contributed by atoms with Crippen LogP contribution in [0.5, 0.6) is 0 Å². The maximum atomic E-state index is 13.0. The Balaban J connectivity index is 2.03. The molecule has 0 radical (unpaired) electrons. The molecular formula is C16H23FN2O. The number of amides is 1. The molecule has 0 spiro atoms. The molecular weight excluding hydrogens is 255 g/mol. The van der Waals surface area contributed by atoms with E-state index >= 15 is 0 Å². The van der Waals surface area contributed by atoms with E-state index in [2.05, 4.69) is 12.2 Å². The molecule has 1 heterocycles. The lowest BCUT2D eigenvalue weighted by molar-refractivity contribution is -0.137. The van der Waals surface area contributed by atoms with Crippen LogP contribution in [0.2, 0.25) is 0 Å². The quantitative estimate of drug-likeness (QED) is 0.922. The second-order valence-corrected chi connectivity index (χ2v) is 5.75. The summed E-state index contributed by atoms with van der Waals surface area (Å²) < 4.78 is 13.0. The number of halogens is 1. The summed E-state index contributed by atoms with van der Waals surface area (Å²) in [7, 11) is 1.84. The second kappa shape index (κ2) is 6.35. The Morgan fingerprint density at radius 3 is 2.65 bits per heavy atom. The van der Waals surface area contributed by atoms with Crippen molar-refractivity contribution in [2.24, 2.45) is 5.92 Å². The highest BCUT2D eigenvalue weighted by atomic mass is 19.1. The molecule has 2 rings (SSSR count). The maximum absolute atomic E-state index is 13.0. The zero-order valence-corrected chi connectivity index (χ0v) is 12.4. The van der Waals surface area contributed by atoms with Gasteiger partial charge in [-0.1, -0.05) is 12.1 Å². The van der Waals surface area contributed by atoms with Crippen molar-refractivity contribution in [3.63, 3.8) is 0 Å². The van der Waals surface area contributed by atoms with Crippen molar-refractivity contribution < 1.29 is 9.18 Å². The highest BCUT2D eigenvalue weighted by Gasteiger charge is 2.29. The molecule has 0 saturated carbocycles. The molecule has 0 aliphatic carbocycles. The van der Waals surface area contributed by atoms with Crippen molar-refractivity contribution >= 4 is 5.91 Å². The Morgan fingerprint density at radius 1 is 1.40 bits per heavy atom. The zero-order valence-electron chi connectivity index (χ0n) is 12.4. The molecule has 1 aromatic carbocycles. The van der Waals surface area contributed by atoms with Gasteiger partial charge in [-0.3, -0.25) is 4.79 Å². The molecule has 3 atom stereocenters. The third-order valence-corrected chi connectivity index (χ3v) is 4.25. The van der Waals surface area contributed by atoms with E-state index < -0.39 is 0 Å². The molecule has 0 aromatic heterocycles. The van der Waals surface area contributed by atoms with E-state index in [9.17, 15) is 9.18 Å². The lowest BCUT2D eigenvalue weighted by atomic mass is 9.91. The topological polar surface area (TPSA) is 32.3 Å². The Morgan fingerprint density at radius 2 is 2.05 bits per heavy atom. The van der Waals surface area contributed by atoms with Gasteiger partial charge in [-0.2, -0.15) is 0 Å². The van der Waals surface area contributed by atoms with Crippen LogP contribution < -0.4 is 5.32 Å². The summed E-state index contributed by atoms with van der Waals surface area (Å²) in [6.07, 6.45) is 1.78. The number of carbonyl (C=O) groups is 1. The average Bonchev–Trinajstić information content (AvgIpc) is 2.46. The fourth-order valence-electron chi connectivity index (χ4n) is 2.80. The number of nitrogens with one attached hydrogen (secondary N) is 1. The minimum Gasteiger partial charge on any atom is -0.339 e. The first-order valence-electron chi connectivity index (χ1n) is 7.24. The van der Waals surface area contributed by atoms with Crippen molar-refractivity contribution in [2.75, 3.05) is 13.6 Å². The highest BCUT2D eigenvalue weighted by Crippen LogP contribution is 2.24. The van der Waals surface area contributed by atoms with Crippen molar-refractivity contribution in [1.29, 1.82) is 0 Å². The molecule has 1 amide bonds. The molecule has 1 aliphatic heterocycles. The van der Waals surface area contributed by atoms with Crippen LogP contribution in [0.4, 0.5) is 4.39 Å². The van der Waals surface area contributed by atoms with Gasteiger partial charge in [0.15, 0.2) is 0 Å². The fraction of sp³-hybridized carbons (Fsp3) is 0.562. The largest absolute Gasteiger partial charge is 0.339 e. The molecule has 1 fully saturated rings. The van der Waals surface area contributed by atoms with Gasteiger partial charge >= 0.3 is 0 Å². The Bertz CT molecular complexity index is 460. The number of hydrogen-bond acceptors (Lipinski definition) is 2. The highest BCUT2D eigenvalue weighted by molar-refractivity contribution is 5.79. The van der Waals surface area contributed by atoms with Gasteiger partial charge in [0.2, 0.25) is 5.91 Å². The Labute approximate surface area is 120 Å². The first kappa shape index (κ1) is 15.0. The average molecular weight is 278 g/mol. The number of hydrogen-bond donors (Lipinski definition) is 1. The van der Waals surface area contributed by atoms with E-state index in [0.717, 1.165) is 24.9 Å². The summed E-state index contributed by atoms with van der Waals surface area (Å²) in [5, 5.41) is 3.36. The SMILES string of the molecule is CC1CC(C(=O)N(C)C(C)c2ccc(F)cc2)CCN1. The molecule has 0 bridgehead atoms. The predicted octanol–water partition coefficient (Wildman–Crippen LogP) is 2.73. The molecule has 110 valence electrons. The van der Waals surface area contributed by atoms with Crippen molar-refractivity contribution in [3.05, 3.63) is 35.6 Å². The first-order chi connectivity index (χ1) is 9.49. The van der Waals surface area contributed by atoms with Crippen LogP contribution in [0.1, 0.15) is 38.3 Å². The summed E-state index contributed by atoms with van der Waals surface area (Å²) >= 11 is 0. The number of benzene rings is 1. The molecule has 20 heavy (non-hydrogen) atoms. The smallest absolute Gasteiger partial charge is 0.226 e. The van der Waals surface area contributed by atoms with Gasteiger partial charge in [-0.25, -0.2) is 4.39 Å². The van der Waals surface area contributed by atoms with Crippen molar-refractivity contribution in [3.8, 4) is 0 Å². The van der Waals surface area contributed by atoms with E-state index in [-0.39, 0.29) is 23.7 Å². The molecule has 1 N–H and O–H groups in total. The lowest BCUT2D eigenvalue weighted by Crippen LogP contribution is -2.43. The summed E-state index contributed by atoms with van der Waals surface area (Å²) in [6, 6.07) is 6.73. The van der Waals surface area contributed by atoms with Gasteiger partial charge in [0.25, 0.3) is 0 Å². The molecule has 1 aromatic rings. The van der Waals surface area contributed by atoms with Gasteiger partial charge in [0.1, 0.15) is 5.82 Å². The van der Waals surface area contributed by atoms with Gasteiger partial charge in [-0.05, 0) is 50.9 Å². The maximum Gasteiger partial charge on any atom is 0.226 e. The van der Waals surface area contributed by atoms with Crippen LogP contribution in [-0.4, -0.2) is 30.4 Å². The fourth-order valence-corrected chi connectivity index (χ4v) is 2.80. The summed E-state index contributed by atoms with van der Waals surface area (Å²) in [4.78, 5) is 14.3. The predicted molar refractivity (Wildman–Crippen MR) is 77.8 cm³/mol. The van der Waals surface area contributed by atoms with Crippen molar-refractivity contribution in [1.82, 2.24) is 10.2 Å².